The molecule has 2 nitrogen and oxygen atoms in total. The van der Waals surface area contributed by atoms with Crippen LogP contribution in [0.15, 0.2) is 0 Å². The maximum atomic E-state index is 10.4. The molecular formula is C5H13O2P. The SMILES string of the molecule is CCC(C)O[PH](C)=O. The van der Waals surface area contributed by atoms with Gasteiger partial charge in [0, 0.05) is 6.66 Å². The van der Waals surface area contributed by atoms with Crippen LogP contribution in [0.1, 0.15) is 20.3 Å². The average Bonchev–Trinajstić information content (AvgIpc) is 1.65. The summed E-state index contributed by atoms with van der Waals surface area (Å²) >= 11 is 0. The van der Waals surface area contributed by atoms with E-state index in [-0.39, 0.29) is 6.10 Å². The van der Waals surface area contributed by atoms with Crippen LogP contribution in [0, 0.1) is 0 Å². The van der Waals surface area contributed by atoms with E-state index in [2.05, 4.69) is 0 Å². The summed E-state index contributed by atoms with van der Waals surface area (Å²) in [5.41, 5.74) is 0. The lowest BCUT2D eigenvalue weighted by molar-refractivity contribution is 0.233. The molecule has 0 aromatic rings. The van der Waals surface area contributed by atoms with Crippen molar-refractivity contribution in [1.29, 1.82) is 0 Å². The molecule has 0 saturated carbocycles. The molecule has 0 N–H and O–H groups in total. The molecule has 0 fully saturated rings. The maximum Gasteiger partial charge on any atom is 0.188 e. The third-order valence-corrected chi connectivity index (χ3v) is 1.68. The first kappa shape index (κ1) is 8.19. The first-order valence-corrected chi connectivity index (χ1v) is 4.65. The lowest BCUT2D eigenvalue weighted by Gasteiger charge is -2.05. The summed E-state index contributed by atoms with van der Waals surface area (Å²) < 4.78 is 15.3. The summed E-state index contributed by atoms with van der Waals surface area (Å²) in [4.78, 5) is 0. The van der Waals surface area contributed by atoms with E-state index in [4.69, 9.17) is 4.52 Å². The van der Waals surface area contributed by atoms with Gasteiger partial charge in [-0.05, 0) is 13.3 Å². The third kappa shape index (κ3) is 4.35. The average molecular weight is 136 g/mol. The molecule has 0 spiro atoms. The molecule has 0 aromatic heterocycles. The van der Waals surface area contributed by atoms with E-state index in [1.165, 1.54) is 0 Å². The summed E-state index contributed by atoms with van der Waals surface area (Å²) in [6.07, 6.45) is 1.09. The zero-order valence-electron chi connectivity index (χ0n) is 5.60. The van der Waals surface area contributed by atoms with Crippen LogP contribution in [0.5, 0.6) is 0 Å². The fourth-order valence-corrected chi connectivity index (χ4v) is 1.10. The Hall–Kier alpha value is 0.190. The Morgan fingerprint density at radius 1 is 1.75 bits per heavy atom. The Morgan fingerprint density at radius 2 is 2.25 bits per heavy atom. The topological polar surface area (TPSA) is 26.3 Å². The molecule has 0 saturated heterocycles. The van der Waals surface area contributed by atoms with Crippen molar-refractivity contribution in [3.8, 4) is 0 Å². The van der Waals surface area contributed by atoms with Crippen LogP contribution in [-0.2, 0) is 9.09 Å². The lowest BCUT2D eigenvalue weighted by Crippen LogP contribution is -1.98. The van der Waals surface area contributed by atoms with Crippen molar-refractivity contribution in [2.24, 2.45) is 0 Å². The van der Waals surface area contributed by atoms with Gasteiger partial charge in [0.25, 0.3) is 0 Å². The minimum Gasteiger partial charge on any atom is -0.328 e. The molecule has 50 valence electrons. The van der Waals surface area contributed by atoms with Crippen LogP contribution in [0.4, 0.5) is 0 Å². The van der Waals surface area contributed by atoms with E-state index in [0.717, 1.165) is 6.42 Å². The predicted octanol–water partition coefficient (Wildman–Crippen LogP) is 1.91. The molecule has 0 aromatic carbocycles. The van der Waals surface area contributed by atoms with Crippen molar-refractivity contribution in [3.05, 3.63) is 0 Å². The highest BCUT2D eigenvalue weighted by molar-refractivity contribution is 7.38. The predicted molar refractivity (Wildman–Crippen MR) is 35.8 cm³/mol. The molecular weight excluding hydrogens is 123 g/mol. The van der Waals surface area contributed by atoms with E-state index in [1.807, 2.05) is 13.8 Å². The molecule has 0 aliphatic rings. The van der Waals surface area contributed by atoms with Gasteiger partial charge in [-0.15, -0.1) is 0 Å². The highest BCUT2D eigenvalue weighted by atomic mass is 31.1. The van der Waals surface area contributed by atoms with Crippen molar-refractivity contribution in [3.63, 3.8) is 0 Å². The highest BCUT2D eigenvalue weighted by Crippen LogP contribution is 2.19. The summed E-state index contributed by atoms with van der Waals surface area (Å²) in [6, 6.07) is 0. The van der Waals surface area contributed by atoms with E-state index in [9.17, 15) is 4.57 Å². The smallest absolute Gasteiger partial charge is 0.188 e. The van der Waals surface area contributed by atoms with Gasteiger partial charge in [-0.25, -0.2) is 0 Å². The summed E-state index contributed by atoms with van der Waals surface area (Å²) in [5.74, 6) is 0. The first-order chi connectivity index (χ1) is 3.66. The van der Waals surface area contributed by atoms with Gasteiger partial charge in [-0.2, -0.15) is 0 Å². The second-order valence-corrected chi connectivity index (χ2v) is 3.05. The Kier molecular flexibility index (Phi) is 4.20. The number of hydrogen-bond acceptors (Lipinski definition) is 2. The van der Waals surface area contributed by atoms with Crippen molar-refractivity contribution < 1.29 is 9.09 Å². The van der Waals surface area contributed by atoms with Crippen molar-refractivity contribution in [2.75, 3.05) is 6.66 Å². The quantitative estimate of drug-likeness (QED) is 0.554. The molecule has 0 aliphatic heterocycles. The van der Waals surface area contributed by atoms with Gasteiger partial charge in [0.1, 0.15) is 0 Å². The van der Waals surface area contributed by atoms with Gasteiger partial charge < -0.3 is 4.52 Å². The summed E-state index contributed by atoms with van der Waals surface area (Å²) in [6.45, 7) is 5.54. The zero-order chi connectivity index (χ0) is 6.57. The second-order valence-electron chi connectivity index (χ2n) is 1.83. The van der Waals surface area contributed by atoms with Gasteiger partial charge in [0.15, 0.2) is 8.03 Å². The maximum absolute atomic E-state index is 10.4. The molecule has 0 amide bonds. The molecule has 0 aliphatic carbocycles. The molecule has 2 unspecified atom stereocenters. The minimum absolute atomic E-state index is 0.159. The Bertz CT molecular complexity index is 82.5. The van der Waals surface area contributed by atoms with Gasteiger partial charge in [0.2, 0.25) is 0 Å². The second kappa shape index (κ2) is 4.11. The Morgan fingerprint density at radius 3 is 2.38 bits per heavy atom. The van der Waals surface area contributed by atoms with E-state index < -0.39 is 8.03 Å². The van der Waals surface area contributed by atoms with Crippen LogP contribution in [-0.4, -0.2) is 12.8 Å². The number of rotatable bonds is 3. The first-order valence-electron chi connectivity index (χ1n) is 2.84. The summed E-state index contributed by atoms with van der Waals surface area (Å²) in [5, 5.41) is 0. The minimum atomic E-state index is -1.70. The Balaban J connectivity index is 3.24. The fraction of sp³-hybridized carbons (Fsp3) is 1.00. The van der Waals surface area contributed by atoms with Gasteiger partial charge in [0.05, 0.1) is 6.10 Å². The van der Waals surface area contributed by atoms with Crippen molar-refractivity contribution in [2.45, 2.75) is 26.4 Å². The fourth-order valence-electron chi connectivity index (χ4n) is 0.367. The standard InChI is InChI=1S/C5H13O2P/c1-4-5(2)7-8(3)6/h5,8H,4H2,1-3H3. The zero-order valence-corrected chi connectivity index (χ0v) is 6.60. The van der Waals surface area contributed by atoms with Crippen LogP contribution < -0.4 is 0 Å². The van der Waals surface area contributed by atoms with E-state index >= 15 is 0 Å². The third-order valence-electron chi connectivity index (χ3n) is 0.942. The van der Waals surface area contributed by atoms with E-state index in [1.54, 1.807) is 6.66 Å². The molecule has 2 atom stereocenters. The molecule has 3 heteroatoms. The Labute approximate surface area is 51.1 Å². The van der Waals surface area contributed by atoms with E-state index in [0.29, 0.717) is 0 Å². The van der Waals surface area contributed by atoms with Gasteiger partial charge in [-0.3, -0.25) is 4.57 Å². The molecule has 0 bridgehead atoms. The highest BCUT2D eigenvalue weighted by Gasteiger charge is 1.97. The lowest BCUT2D eigenvalue weighted by atomic mass is 10.3. The summed E-state index contributed by atoms with van der Waals surface area (Å²) in [7, 11) is -1.70. The van der Waals surface area contributed by atoms with Gasteiger partial charge in [-0.1, -0.05) is 6.92 Å². The van der Waals surface area contributed by atoms with Crippen LogP contribution in [0.25, 0.3) is 0 Å². The van der Waals surface area contributed by atoms with Crippen LogP contribution >= 0.6 is 8.03 Å². The van der Waals surface area contributed by atoms with Crippen molar-refractivity contribution >= 4 is 8.03 Å². The van der Waals surface area contributed by atoms with Crippen LogP contribution in [0.2, 0.25) is 0 Å². The monoisotopic (exact) mass is 136 g/mol. The molecule has 8 heavy (non-hydrogen) atoms. The molecule has 0 radical (unpaired) electrons. The van der Waals surface area contributed by atoms with Crippen LogP contribution in [0.3, 0.4) is 0 Å². The number of hydrogen-bond donors (Lipinski definition) is 0. The largest absolute Gasteiger partial charge is 0.328 e. The van der Waals surface area contributed by atoms with Crippen molar-refractivity contribution in [1.82, 2.24) is 0 Å². The molecule has 0 rings (SSSR count). The normalized spacial score (nSPS) is 17.9. The molecule has 0 heterocycles. The van der Waals surface area contributed by atoms with Gasteiger partial charge >= 0.3 is 0 Å².